The Morgan fingerprint density at radius 3 is 2.20 bits per heavy atom. The van der Waals surface area contributed by atoms with Crippen molar-refractivity contribution in [1.29, 1.82) is 0 Å². The topological polar surface area (TPSA) is 54.7 Å². The Kier molecular flexibility index (Phi) is 3.67. The summed E-state index contributed by atoms with van der Waals surface area (Å²) in [5.74, 6) is 0.754. The van der Waals surface area contributed by atoms with Gasteiger partial charge >= 0.3 is 0 Å². The van der Waals surface area contributed by atoms with Gasteiger partial charge in [0.05, 0.1) is 12.2 Å². The van der Waals surface area contributed by atoms with Crippen LogP contribution in [-0.4, -0.2) is 9.97 Å². The van der Waals surface area contributed by atoms with Crippen LogP contribution < -0.4 is 5.73 Å². The second-order valence-corrected chi connectivity index (χ2v) is 5.44. The molecule has 3 N–H and O–H groups in total. The highest BCUT2D eigenvalue weighted by molar-refractivity contribution is 9.10. The lowest BCUT2D eigenvalue weighted by molar-refractivity contribution is 0.799. The maximum absolute atomic E-state index is 6.20. The van der Waals surface area contributed by atoms with Crippen LogP contribution in [0.5, 0.6) is 0 Å². The number of H-pyrrole nitrogens is 1. The van der Waals surface area contributed by atoms with E-state index in [1.54, 1.807) is 6.20 Å². The van der Waals surface area contributed by atoms with Gasteiger partial charge in [-0.15, -0.1) is 0 Å². The molecular formula is C16H14BrN3. The number of nitrogens with two attached hydrogens (primary N) is 1. The van der Waals surface area contributed by atoms with Crippen LogP contribution in [0.25, 0.3) is 11.1 Å². The quantitative estimate of drug-likeness (QED) is 0.766. The van der Waals surface area contributed by atoms with Crippen molar-refractivity contribution >= 4 is 15.9 Å². The Bertz CT molecular complexity index is 689. The number of nitrogens with one attached hydrogen (secondary N) is 1. The van der Waals surface area contributed by atoms with E-state index in [9.17, 15) is 0 Å². The van der Waals surface area contributed by atoms with Gasteiger partial charge in [0.1, 0.15) is 10.4 Å². The monoisotopic (exact) mass is 327 g/mol. The van der Waals surface area contributed by atoms with Crippen molar-refractivity contribution in [3.8, 4) is 11.1 Å². The Balaban J connectivity index is 1.86. The third kappa shape index (κ3) is 2.66. The molecule has 100 valence electrons. The van der Waals surface area contributed by atoms with Gasteiger partial charge in [0, 0.05) is 0 Å². The molecule has 0 fully saturated rings. The number of rotatable bonds is 3. The van der Waals surface area contributed by atoms with E-state index >= 15 is 0 Å². The normalized spacial score (nSPS) is 12.3. The minimum atomic E-state index is -0.244. The van der Waals surface area contributed by atoms with Crippen LogP contribution in [0.3, 0.4) is 0 Å². The summed E-state index contributed by atoms with van der Waals surface area (Å²) in [6.07, 6.45) is 1.72. The van der Waals surface area contributed by atoms with Gasteiger partial charge in [0.2, 0.25) is 0 Å². The SMILES string of the molecule is NC(c1ccc(-c2ccccc2)cc1)c1ncc(Br)[nH]1. The fourth-order valence-corrected chi connectivity index (χ4v) is 2.45. The lowest BCUT2D eigenvalue weighted by atomic mass is 10.0. The molecule has 4 heteroatoms. The number of benzene rings is 2. The Morgan fingerprint density at radius 1 is 0.950 bits per heavy atom. The first kappa shape index (κ1) is 13.1. The molecule has 0 spiro atoms. The predicted octanol–water partition coefficient (Wildman–Crippen LogP) is 3.89. The molecule has 1 atom stereocenters. The first-order valence-electron chi connectivity index (χ1n) is 6.35. The molecule has 0 saturated carbocycles. The first-order valence-corrected chi connectivity index (χ1v) is 7.15. The molecule has 0 aliphatic heterocycles. The standard InChI is InChI=1S/C16H14BrN3/c17-14-10-19-16(20-14)15(18)13-8-6-12(7-9-13)11-4-2-1-3-5-11/h1-10,15H,18H2,(H,19,20). The zero-order chi connectivity index (χ0) is 13.9. The summed E-state index contributed by atoms with van der Waals surface area (Å²) in [5, 5.41) is 0. The number of nitrogens with zero attached hydrogens (tertiary/aromatic N) is 1. The average Bonchev–Trinajstić information content (AvgIpc) is 2.94. The van der Waals surface area contributed by atoms with Gasteiger partial charge in [0.15, 0.2) is 0 Å². The summed E-state index contributed by atoms with van der Waals surface area (Å²) in [6, 6.07) is 18.3. The Hall–Kier alpha value is -1.91. The molecule has 3 aromatic rings. The van der Waals surface area contributed by atoms with E-state index in [0.717, 1.165) is 16.0 Å². The summed E-state index contributed by atoms with van der Waals surface area (Å²) in [6.45, 7) is 0. The molecule has 3 rings (SSSR count). The molecule has 0 radical (unpaired) electrons. The smallest absolute Gasteiger partial charge is 0.128 e. The molecule has 0 saturated heterocycles. The lowest BCUT2D eigenvalue weighted by Crippen LogP contribution is -2.13. The maximum atomic E-state index is 6.20. The van der Waals surface area contributed by atoms with Gasteiger partial charge < -0.3 is 10.7 Å². The number of aromatic amines is 1. The summed E-state index contributed by atoms with van der Waals surface area (Å²) in [5.41, 5.74) is 9.62. The largest absolute Gasteiger partial charge is 0.335 e. The van der Waals surface area contributed by atoms with E-state index in [1.165, 1.54) is 11.1 Å². The lowest BCUT2D eigenvalue weighted by Gasteiger charge is -2.10. The number of aromatic nitrogens is 2. The van der Waals surface area contributed by atoms with Gasteiger partial charge in [-0.2, -0.15) is 0 Å². The second-order valence-electron chi connectivity index (χ2n) is 4.58. The van der Waals surface area contributed by atoms with Crippen LogP contribution in [0.2, 0.25) is 0 Å². The number of imidazole rings is 1. The molecule has 2 aromatic carbocycles. The van der Waals surface area contributed by atoms with Gasteiger partial charge in [-0.25, -0.2) is 4.98 Å². The van der Waals surface area contributed by atoms with Crippen molar-refractivity contribution in [1.82, 2.24) is 9.97 Å². The van der Waals surface area contributed by atoms with Crippen molar-refractivity contribution in [2.45, 2.75) is 6.04 Å². The van der Waals surface area contributed by atoms with Crippen molar-refractivity contribution in [2.75, 3.05) is 0 Å². The zero-order valence-electron chi connectivity index (χ0n) is 10.8. The fourth-order valence-electron chi connectivity index (χ4n) is 2.14. The van der Waals surface area contributed by atoms with Crippen LogP contribution in [0.4, 0.5) is 0 Å². The minimum absolute atomic E-state index is 0.244. The van der Waals surface area contributed by atoms with E-state index in [-0.39, 0.29) is 6.04 Å². The van der Waals surface area contributed by atoms with Crippen LogP contribution in [0, 0.1) is 0 Å². The Labute approximate surface area is 126 Å². The van der Waals surface area contributed by atoms with Crippen LogP contribution >= 0.6 is 15.9 Å². The summed E-state index contributed by atoms with van der Waals surface area (Å²) >= 11 is 3.34. The van der Waals surface area contributed by atoms with E-state index in [2.05, 4.69) is 50.2 Å². The highest BCUT2D eigenvalue weighted by Gasteiger charge is 2.12. The number of halogens is 1. The maximum Gasteiger partial charge on any atom is 0.128 e. The summed E-state index contributed by atoms with van der Waals surface area (Å²) < 4.78 is 0.837. The van der Waals surface area contributed by atoms with Crippen molar-refractivity contribution in [2.24, 2.45) is 5.73 Å². The van der Waals surface area contributed by atoms with E-state index < -0.39 is 0 Å². The molecule has 0 bridgehead atoms. The number of hydrogen-bond donors (Lipinski definition) is 2. The summed E-state index contributed by atoms with van der Waals surface area (Å²) in [4.78, 5) is 7.35. The van der Waals surface area contributed by atoms with Gasteiger partial charge in [0.25, 0.3) is 0 Å². The highest BCUT2D eigenvalue weighted by atomic mass is 79.9. The van der Waals surface area contributed by atoms with E-state index in [1.807, 2.05) is 30.3 Å². The van der Waals surface area contributed by atoms with E-state index in [0.29, 0.717) is 0 Å². The summed E-state index contributed by atoms with van der Waals surface area (Å²) in [7, 11) is 0. The fraction of sp³-hybridized carbons (Fsp3) is 0.0625. The van der Waals surface area contributed by atoms with Crippen molar-refractivity contribution in [3.63, 3.8) is 0 Å². The van der Waals surface area contributed by atoms with Crippen LogP contribution in [-0.2, 0) is 0 Å². The molecule has 20 heavy (non-hydrogen) atoms. The second kappa shape index (κ2) is 5.61. The third-order valence-electron chi connectivity index (χ3n) is 3.24. The molecule has 1 aromatic heterocycles. The van der Waals surface area contributed by atoms with Gasteiger partial charge in [-0.3, -0.25) is 0 Å². The third-order valence-corrected chi connectivity index (χ3v) is 3.64. The van der Waals surface area contributed by atoms with Crippen molar-refractivity contribution in [3.05, 3.63) is 76.8 Å². The molecule has 0 aliphatic carbocycles. The van der Waals surface area contributed by atoms with Crippen LogP contribution in [0.1, 0.15) is 17.4 Å². The molecule has 0 amide bonds. The van der Waals surface area contributed by atoms with E-state index in [4.69, 9.17) is 5.73 Å². The highest BCUT2D eigenvalue weighted by Crippen LogP contribution is 2.23. The van der Waals surface area contributed by atoms with Gasteiger partial charge in [-0.1, -0.05) is 54.6 Å². The minimum Gasteiger partial charge on any atom is -0.335 e. The average molecular weight is 328 g/mol. The molecule has 1 heterocycles. The van der Waals surface area contributed by atoms with Gasteiger partial charge in [-0.05, 0) is 32.6 Å². The predicted molar refractivity (Wildman–Crippen MR) is 84.2 cm³/mol. The Morgan fingerprint density at radius 2 is 1.60 bits per heavy atom. The molecule has 1 unspecified atom stereocenters. The number of hydrogen-bond acceptors (Lipinski definition) is 2. The molecular weight excluding hydrogens is 314 g/mol. The molecule has 0 aliphatic rings. The van der Waals surface area contributed by atoms with Crippen molar-refractivity contribution < 1.29 is 0 Å². The van der Waals surface area contributed by atoms with Crippen LogP contribution in [0.15, 0.2) is 65.4 Å². The molecule has 3 nitrogen and oxygen atoms in total. The zero-order valence-corrected chi connectivity index (χ0v) is 12.3. The first-order chi connectivity index (χ1) is 9.74.